The zero-order chi connectivity index (χ0) is 10.1. The van der Waals surface area contributed by atoms with Crippen molar-refractivity contribution in [2.45, 2.75) is 6.92 Å². The van der Waals surface area contributed by atoms with E-state index in [1.807, 2.05) is 13.1 Å². The number of aromatic amines is 1. The van der Waals surface area contributed by atoms with Crippen LogP contribution < -0.4 is 5.56 Å². The zero-order valence-electron chi connectivity index (χ0n) is 7.98. The highest BCUT2D eigenvalue weighted by molar-refractivity contribution is 5.53. The van der Waals surface area contributed by atoms with Crippen LogP contribution in [0.15, 0.2) is 23.1 Å². The van der Waals surface area contributed by atoms with Crippen molar-refractivity contribution in [2.75, 3.05) is 0 Å². The first-order valence-corrected chi connectivity index (χ1v) is 4.23. The number of hydrogen-bond donors (Lipinski definition) is 1. The predicted octanol–water partition coefficient (Wildman–Crippen LogP) is 0.479. The molecule has 0 bridgehead atoms. The molecule has 1 N–H and O–H groups in total. The van der Waals surface area contributed by atoms with Gasteiger partial charge in [0.05, 0.1) is 11.4 Å². The number of rotatable bonds is 1. The van der Waals surface area contributed by atoms with E-state index in [9.17, 15) is 4.79 Å². The summed E-state index contributed by atoms with van der Waals surface area (Å²) >= 11 is 0. The second-order valence-electron chi connectivity index (χ2n) is 3.06. The molecule has 5 nitrogen and oxygen atoms in total. The average molecular weight is 190 g/mol. The van der Waals surface area contributed by atoms with E-state index in [4.69, 9.17) is 0 Å². The lowest BCUT2D eigenvalue weighted by atomic mass is 10.3. The molecule has 0 aliphatic carbocycles. The second kappa shape index (κ2) is 3.10. The summed E-state index contributed by atoms with van der Waals surface area (Å²) in [6, 6.07) is 3.28. The maximum absolute atomic E-state index is 11.2. The number of aryl methyl sites for hydroxylation is 2. The molecule has 0 atom stereocenters. The summed E-state index contributed by atoms with van der Waals surface area (Å²) in [5.41, 5.74) is 1.33. The number of aromatic nitrogens is 4. The number of nitrogens with one attached hydrogen (secondary N) is 1. The monoisotopic (exact) mass is 190 g/mol. The van der Waals surface area contributed by atoms with Gasteiger partial charge in [0.2, 0.25) is 0 Å². The van der Waals surface area contributed by atoms with E-state index >= 15 is 0 Å². The second-order valence-corrected chi connectivity index (χ2v) is 3.06. The van der Waals surface area contributed by atoms with E-state index in [1.165, 1.54) is 6.07 Å². The van der Waals surface area contributed by atoms with Gasteiger partial charge in [-0.2, -0.15) is 5.10 Å². The molecule has 0 aromatic carbocycles. The Morgan fingerprint density at radius 2 is 2.29 bits per heavy atom. The van der Waals surface area contributed by atoms with Crippen molar-refractivity contribution in [3.8, 4) is 11.4 Å². The SMILES string of the molecule is Cc1nc(-c2ccnn2C)cc(=O)[nH]1. The van der Waals surface area contributed by atoms with Crippen LogP contribution in [0.5, 0.6) is 0 Å². The molecule has 2 heterocycles. The van der Waals surface area contributed by atoms with Crippen molar-refractivity contribution in [3.05, 3.63) is 34.5 Å². The van der Waals surface area contributed by atoms with Gasteiger partial charge in [-0.25, -0.2) is 4.98 Å². The molecule has 5 heteroatoms. The van der Waals surface area contributed by atoms with E-state index in [0.717, 1.165) is 5.69 Å². The molecule has 0 radical (unpaired) electrons. The van der Waals surface area contributed by atoms with Crippen LogP contribution in [-0.2, 0) is 7.05 Å². The molecule has 0 saturated carbocycles. The maximum Gasteiger partial charge on any atom is 0.251 e. The van der Waals surface area contributed by atoms with E-state index < -0.39 is 0 Å². The Kier molecular flexibility index (Phi) is 1.92. The van der Waals surface area contributed by atoms with Crippen LogP contribution in [0.4, 0.5) is 0 Å². The Labute approximate surface area is 80.4 Å². The van der Waals surface area contributed by atoms with Gasteiger partial charge in [0.25, 0.3) is 5.56 Å². The van der Waals surface area contributed by atoms with Crippen molar-refractivity contribution in [3.63, 3.8) is 0 Å². The van der Waals surface area contributed by atoms with Gasteiger partial charge in [-0.05, 0) is 13.0 Å². The molecule has 2 aromatic heterocycles. The average Bonchev–Trinajstić information content (AvgIpc) is 2.49. The van der Waals surface area contributed by atoms with Crippen molar-refractivity contribution in [1.82, 2.24) is 19.7 Å². The van der Waals surface area contributed by atoms with Crippen LogP contribution in [0.3, 0.4) is 0 Å². The fourth-order valence-electron chi connectivity index (χ4n) is 1.34. The largest absolute Gasteiger partial charge is 0.311 e. The quantitative estimate of drug-likeness (QED) is 0.711. The third-order valence-electron chi connectivity index (χ3n) is 1.94. The van der Waals surface area contributed by atoms with Crippen molar-refractivity contribution >= 4 is 0 Å². The Morgan fingerprint density at radius 3 is 2.86 bits per heavy atom. The predicted molar refractivity (Wildman–Crippen MR) is 51.8 cm³/mol. The molecule has 0 unspecified atom stereocenters. The van der Waals surface area contributed by atoms with Gasteiger partial charge in [0.1, 0.15) is 5.82 Å². The highest BCUT2D eigenvalue weighted by Gasteiger charge is 2.04. The molecule has 0 spiro atoms. The zero-order valence-corrected chi connectivity index (χ0v) is 7.98. The van der Waals surface area contributed by atoms with Crippen LogP contribution in [0, 0.1) is 6.92 Å². The first kappa shape index (κ1) is 8.68. The fraction of sp³-hybridized carbons (Fsp3) is 0.222. The van der Waals surface area contributed by atoms with Gasteiger partial charge in [-0.15, -0.1) is 0 Å². The molecular formula is C9H10N4O. The summed E-state index contributed by atoms with van der Waals surface area (Å²) in [4.78, 5) is 18.0. The first-order valence-electron chi connectivity index (χ1n) is 4.23. The molecule has 2 rings (SSSR count). The molecule has 0 aliphatic heterocycles. The van der Waals surface area contributed by atoms with E-state index in [0.29, 0.717) is 11.5 Å². The molecule has 0 amide bonds. The topological polar surface area (TPSA) is 63.6 Å². The first-order chi connectivity index (χ1) is 6.66. The summed E-state index contributed by atoms with van der Waals surface area (Å²) < 4.78 is 1.68. The van der Waals surface area contributed by atoms with Gasteiger partial charge in [-0.1, -0.05) is 0 Å². The van der Waals surface area contributed by atoms with E-state index in [-0.39, 0.29) is 5.56 Å². The third-order valence-corrected chi connectivity index (χ3v) is 1.94. The minimum absolute atomic E-state index is 0.145. The Morgan fingerprint density at radius 1 is 1.50 bits per heavy atom. The Balaban J connectivity index is 2.63. The minimum atomic E-state index is -0.145. The summed E-state index contributed by atoms with van der Waals surface area (Å²) in [5, 5.41) is 4.02. The van der Waals surface area contributed by atoms with Crippen LogP contribution >= 0.6 is 0 Å². The molecule has 0 aliphatic rings. The molecule has 0 saturated heterocycles. The summed E-state index contributed by atoms with van der Waals surface area (Å²) in [6.07, 6.45) is 1.67. The van der Waals surface area contributed by atoms with Crippen LogP contribution in [-0.4, -0.2) is 19.7 Å². The summed E-state index contributed by atoms with van der Waals surface area (Å²) in [7, 11) is 1.81. The third kappa shape index (κ3) is 1.44. The highest BCUT2D eigenvalue weighted by Crippen LogP contribution is 2.12. The van der Waals surface area contributed by atoms with Crippen LogP contribution in [0.1, 0.15) is 5.82 Å². The number of nitrogens with zero attached hydrogens (tertiary/aromatic N) is 3. The summed E-state index contributed by atoms with van der Waals surface area (Å²) in [6.45, 7) is 1.75. The van der Waals surface area contributed by atoms with Gasteiger partial charge in [0, 0.05) is 19.3 Å². The Bertz CT molecular complexity index is 512. The lowest BCUT2D eigenvalue weighted by molar-refractivity contribution is 0.771. The van der Waals surface area contributed by atoms with Gasteiger partial charge in [-0.3, -0.25) is 9.48 Å². The van der Waals surface area contributed by atoms with Crippen LogP contribution in [0.2, 0.25) is 0 Å². The van der Waals surface area contributed by atoms with E-state index in [2.05, 4.69) is 15.1 Å². The minimum Gasteiger partial charge on any atom is -0.311 e. The lowest BCUT2D eigenvalue weighted by Gasteiger charge is -2.01. The number of hydrogen-bond acceptors (Lipinski definition) is 3. The maximum atomic E-state index is 11.2. The smallest absolute Gasteiger partial charge is 0.251 e. The molecule has 2 aromatic rings. The van der Waals surface area contributed by atoms with Gasteiger partial charge >= 0.3 is 0 Å². The normalized spacial score (nSPS) is 10.4. The van der Waals surface area contributed by atoms with Gasteiger partial charge in [0.15, 0.2) is 0 Å². The highest BCUT2D eigenvalue weighted by atomic mass is 16.1. The van der Waals surface area contributed by atoms with Crippen molar-refractivity contribution in [2.24, 2.45) is 7.05 Å². The lowest BCUT2D eigenvalue weighted by Crippen LogP contribution is -2.09. The van der Waals surface area contributed by atoms with Gasteiger partial charge < -0.3 is 4.98 Å². The number of H-pyrrole nitrogens is 1. The van der Waals surface area contributed by atoms with E-state index in [1.54, 1.807) is 17.8 Å². The van der Waals surface area contributed by atoms with Crippen molar-refractivity contribution < 1.29 is 0 Å². The van der Waals surface area contributed by atoms with Crippen LogP contribution in [0.25, 0.3) is 11.4 Å². The molecule has 14 heavy (non-hydrogen) atoms. The molecule has 72 valence electrons. The standard InChI is InChI=1S/C9H10N4O/c1-6-11-7(5-9(14)12-6)8-3-4-10-13(8)2/h3-5H,1-2H3,(H,11,12,14). The van der Waals surface area contributed by atoms with Crippen molar-refractivity contribution in [1.29, 1.82) is 0 Å². The molecular weight excluding hydrogens is 180 g/mol. The Hall–Kier alpha value is -1.91. The summed E-state index contributed by atoms with van der Waals surface area (Å²) in [5.74, 6) is 0.605. The molecule has 0 fully saturated rings. The fourth-order valence-corrected chi connectivity index (χ4v) is 1.34.